The Labute approximate surface area is 290 Å². The first kappa shape index (κ1) is 28.9. The Hall–Kier alpha value is -5.28. The van der Waals surface area contributed by atoms with Crippen molar-refractivity contribution in [3.05, 3.63) is 131 Å². The van der Waals surface area contributed by atoms with Crippen LogP contribution in [-0.2, 0) is 20.4 Å². The molecule has 0 atom stereocenters. The van der Waals surface area contributed by atoms with Crippen LogP contribution in [-0.4, -0.2) is 18.8 Å². The molecule has 6 heteroatoms. The van der Waals surface area contributed by atoms with Gasteiger partial charge in [0.15, 0.2) is 0 Å². The first-order chi connectivity index (χ1) is 22.9. The second-order valence-corrected chi connectivity index (χ2v) is 12.8. The average Bonchev–Trinajstić information content (AvgIpc) is 3.67. The van der Waals surface area contributed by atoms with Crippen LogP contribution < -0.4 is 4.74 Å². The van der Waals surface area contributed by atoms with Crippen LogP contribution in [0.25, 0.3) is 76.7 Å². The minimum absolute atomic E-state index is 0. The van der Waals surface area contributed by atoms with Gasteiger partial charge in [-0.2, -0.15) is 0 Å². The van der Waals surface area contributed by atoms with Gasteiger partial charge in [-0.05, 0) is 97.1 Å². The number of benzene rings is 6. The van der Waals surface area contributed by atoms with E-state index in [1.165, 1.54) is 33.0 Å². The van der Waals surface area contributed by atoms with Gasteiger partial charge in [-0.15, -0.1) is 12.1 Å². The molecule has 232 valence electrons. The Balaban J connectivity index is 0.00000314. The summed E-state index contributed by atoms with van der Waals surface area (Å²) in [5, 5.41) is 6.39. The number of pyridine rings is 2. The third-order valence-electron chi connectivity index (χ3n) is 9.91. The third-order valence-corrected chi connectivity index (χ3v) is 9.91. The summed E-state index contributed by atoms with van der Waals surface area (Å²) in [6.07, 6.45) is 0. The van der Waals surface area contributed by atoms with Crippen LogP contribution in [0.15, 0.2) is 97.1 Å². The molecule has 0 N–H and O–H groups in total. The largest absolute Gasteiger partial charge is 2.00 e. The molecule has 0 saturated heterocycles. The van der Waals surface area contributed by atoms with Crippen LogP contribution in [0.2, 0.25) is 0 Å². The zero-order chi connectivity index (χ0) is 31.6. The van der Waals surface area contributed by atoms with Crippen LogP contribution in [0.4, 0.5) is 0 Å². The van der Waals surface area contributed by atoms with Crippen LogP contribution in [0.3, 0.4) is 0 Å². The number of aryl methyl sites for hydroxylation is 4. The van der Waals surface area contributed by atoms with Crippen LogP contribution in [0, 0.1) is 39.8 Å². The SMILES string of the molecule is Cc1cc2c3ccc(Oc4[c-]c5c(cc4)c4cc(C)c(C)cc4n4c6ccccc6nc54)[c-]c3c3nc4ccccc4n3c2cc1C.[Pd+2]. The minimum Gasteiger partial charge on any atom is -0.497 e. The molecule has 4 aromatic heterocycles. The molecule has 4 heterocycles. The van der Waals surface area contributed by atoms with E-state index in [2.05, 4.69) is 121 Å². The smallest absolute Gasteiger partial charge is 0.497 e. The van der Waals surface area contributed by atoms with E-state index in [0.29, 0.717) is 11.5 Å². The van der Waals surface area contributed by atoms with E-state index in [9.17, 15) is 0 Å². The van der Waals surface area contributed by atoms with Crippen molar-refractivity contribution in [2.45, 2.75) is 27.7 Å². The molecule has 10 rings (SSSR count). The normalized spacial score (nSPS) is 12.0. The number of rotatable bonds is 2. The summed E-state index contributed by atoms with van der Waals surface area (Å²) in [6, 6.07) is 41.2. The Morgan fingerprint density at radius 1 is 0.479 bits per heavy atom. The minimum atomic E-state index is 0. The van der Waals surface area contributed by atoms with Gasteiger partial charge < -0.3 is 13.5 Å². The van der Waals surface area contributed by atoms with Crippen LogP contribution >= 0.6 is 0 Å². The van der Waals surface area contributed by atoms with E-state index in [-0.39, 0.29) is 20.4 Å². The molecule has 0 unspecified atom stereocenters. The molecule has 0 aliphatic rings. The number of hydrogen-bond donors (Lipinski definition) is 0. The fourth-order valence-corrected chi connectivity index (χ4v) is 7.27. The molecule has 5 nitrogen and oxygen atoms in total. The first-order valence-electron chi connectivity index (χ1n) is 15.9. The van der Waals surface area contributed by atoms with Crippen molar-refractivity contribution in [1.29, 1.82) is 0 Å². The molecule has 0 aliphatic carbocycles. The van der Waals surface area contributed by atoms with Gasteiger partial charge in [0.05, 0.1) is 33.4 Å². The van der Waals surface area contributed by atoms with Gasteiger partial charge in [0.1, 0.15) is 0 Å². The number of imidazole rings is 2. The Kier molecular flexibility index (Phi) is 6.24. The van der Waals surface area contributed by atoms with E-state index in [0.717, 1.165) is 65.9 Å². The molecule has 0 bridgehead atoms. The van der Waals surface area contributed by atoms with Crippen molar-refractivity contribution in [2.24, 2.45) is 0 Å². The Morgan fingerprint density at radius 2 is 0.896 bits per heavy atom. The zero-order valence-electron chi connectivity index (χ0n) is 26.8. The van der Waals surface area contributed by atoms with Crippen molar-refractivity contribution < 1.29 is 25.2 Å². The standard InChI is InChI=1S/C42H28N4O.Pd/c1-23-17-31-29-15-13-27(21-33(29)41-43-35-9-5-7-11-37(35)45(41)39(31)19-25(23)3)47-28-14-16-30-32-18-24(2)26(4)20-40(32)46-38-12-8-6-10-36(38)44-42(46)34(30)22-28;/h5-20H,1-4H3;/q-2;+2. The van der Waals surface area contributed by atoms with Gasteiger partial charge >= 0.3 is 20.4 Å². The number of ether oxygens (including phenoxy) is 1. The van der Waals surface area contributed by atoms with Gasteiger partial charge in [0.2, 0.25) is 0 Å². The van der Waals surface area contributed by atoms with E-state index in [1.807, 2.05) is 24.3 Å². The fraction of sp³-hybridized carbons (Fsp3) is 0.0952. The molecule has 0 saturated carbocycles. The molecule has 6 aromatic carbocycles. The zero-order valence-corrected chi connectivity index (χ0v) is 28.3. The summed E-state index contributed by atoms with van der Waals surface area (Å²) in [6.45, 7) is 8.66. The maximum Gasteiger partial charge on any atom is 2.00 e. The summed E-state index contributed by atoms with van der Waals surface area (Å²) < 4.78 is 11.1. The van der Waals surface area contributed by atoms with E-state index in [1.54, 1.807) is 0 Å². The van der Waals surface area contributed by atoms with E-state index >= 15 is 0 Å². The summed E-state index contributed by atoms with van der Waals surface area (Å²) in [5.74, 6) is 1.23. The summed E-state index contributed by atoms with van der Waals surface area (Å²) in [7, 11) is 0. The Morgan fingerprint density at radius 3 is 1.35 bits per heavy atom. The number of para-hydroxylation sites is 4. The second-order valence-electron chi connectivity index (χ2n) is 12.8. The molecular weight excluding hydrogens is 683 g/mol. The van der Waals surface area contributed by atoms with Gasteiger partial charge in [-0.3, -0.25) is 9.97 Å². The Bertz CT molecular complexity index is 2790. The van der Waals surface area contributed by atoms with E-state index in [4.69, 9.17) is 14.7 Å². The van der Waals surface area contributed by atoms with Crippen molar-refractivity contribution >= 4 is 76.7 Å². The summed E-state index contributed by atoms with van der Waals surface area (Å²) in [4.78, 5) is 10.2. The summed E-state index contributed by atoms with van der Waals surface area (Å²) in [5.41, 5.74) is 13.1. The number of hydrogen-bond acceptors (Lipinski definition) is 3. The summed E-state index contributed by atoms with van der Waals surface area (Å²) >= 11 is 0. The molecule has 0 amide bonds. The van der Waals surface area contributed by atoms with Crippen molar-refractivity contribution in [3.8, 4) is 11.5 Å². The molecular formula is C42H28N4OPd. The molecule has 48 heavy (non-hydrogen) atoms. The number of nitrogens with zero attached hydrogens (tertiary/aromatic N) is 4. The fourth-order valence-electron chi connectivity index (χ4n) is 7.27. The van der Waals surface area contributed by atoms with Gasteiger partial charge in [0, 0.05) is 22.5 Å². The quantitative estimate of drug-likeness (QED) is 0.102. The monoisotopic (exact) mass is 710 g/mol. The molecule has 10 aromatic rings. The predicted molar refractivity (Wildman–Crippen MR) is 192 cm³/mol. The van der Waals surface area contributed by atoms with E-state index < -0.39 is 0 Å². The van der Waals surface area contributed by atoms with Crippen LogP contribution in [0.5, 0.6) is 11.5 Å². The van der Waals surface area contributed by atoms with Gasteiger partial charge in [-0.1, -0.05) is 82.2 Å². The average molecular weight is 711 g/mol. The molecule has 0 fully saturated rings. The number of aromatic nitrogens is 4. The molecule has 0 radical (unpaired) electrons. The third kappa shape index (κ3) is 4.00. The first-order valence-corrected chi connectivity index (χ1v) is 15.9. The predicted octanol–water partition coefficient (Wildman–Crippen LogP) is 10.5. The second kappa shape index (κ2) is 10.4. The maximum absolute atomic E-state index is 6.57. The van der Waals surface area contributed by atoms with Crippen LogP contribution in [0.1, 0.15) is 22.3 Å². The van der Waals surface area contributed by atoms with Crippen molar-refractivity contribution in [3.63, 3.8) is 0 Å². The topological polar surface area (TPSA) is 43.8 Å². The van der Waals surface area contributed by atoms with Gasteiger partial charge in [0.25, 0.3) is 0 Å². The van der Waals surface area contributed by atoms with Crippen molar-refractivity contribution in [2.75, 3.05) is 0 Å². The van der Waals surface area contributed by atoms with Gasteiger partial charge in [-0.25, -0.2) is 0 Å². The van der Waals surface area contributed by atoms with Crippen molar-refractivity contribution in [1.82, 2.24) is 18.8 Å². The number of fused-ring (bicyclic) bond motifs is 16. The maximum atomic E-state index is 6.57. The molecule has 0 spiro atoms. The molecule has 0 aliphatic heterocycles.